The standard InChI is InChI=1S/C19H15BrINO3S2/c1-2-24-15-8-12(9-16-18(23)22-19(26)27-16)7-14(21)17(15)25-10-11-3-5-13(20)6-4-11/h3-9H,2,10H2,1H3,(H,22,23,26)/b16-9-. The Hall–Kier alpha value is -1.10. The molecule has 1 amide bonds. The van der Waals surface area contributed by atoms with Crippen LogP contribution in [0, 0.1) is 3.57 Å². The molecule has 0 aromatic heterocycles. The molecule has 1 aliphatic heterocycles. The predicted octanol–water partition coefficient (Wildman–Crippen LogP) is 5.52. The van der Waals surface area contributed by atoms with E-state index in [1.807, 2.05) is 49.4 Å². The molecule has 0 unspecified atom stereocenters. The molecule has 0 spiro atoms. The fourth-order valence-corrected chi connectivity index (χ4v) is 4.47. The second-order valence-corrected chi connectivity index (χ2v) is 9.33. The molecule has 1 N–H and O–H groups in total. The third kappa shape index (κ3) is 5.46. The second kappa shape index (κ2) is 9.40. The summed E-state index contributed by atoms with van der Waals surface area (Å²) >= 11 is 11.9. The van der Waals surface area contributed by atoms with Gasteiger partial charge in [0.05, 0.1) is 15.1 Å². The number of carbonyl (C=O) groups excluding carboxylic acids is 1. The zero-order valence-electron chi connectivity index (χ0n) is 14.3. The van der Waals surface area contributed by atoms with E-state index in [1.54, 1.807) is 0 Å². The van der Waals surface area contributed by atoms with Crippen molar-refractivity contribution in [3.63, 3.8) is 0 Å². The quantitative estimate of drug-likeness (QED) is 0.279. The number of hydrogen-bond acceptors (Lipinski definition) is 5. The van der Waals surface area contributed by atoms with Gasteiger partial charge in [-0.2, -0.15) is 0 Å². The number of hydrogen-bond donors (Lipinski definition) is 1. The number of thioether (sulfide) groups is 1. The monoisotopic (exact) mass is 575 g/mol. The van der Waals surface area contributed by atoms with Crippen molar-refractivity contribution in [2.24, 2.45) is 0 Å². The summed E-state index contributed by atoms with van der Waals surface area (Å²) in [6, 6.07) is 11.8. The topological polar surface area (TPSA) is 47.6 Å². The zero-order valence-corrected chi connectivity index (χ0v) is 19.6. The van der Waals surface area contributed by atoms with Crippen molar-refractivity contribution in [2.75, 3.05) is 6.61 Å². The average Bonchev–Trinajstić information content (AvgIpc) is 2.93. The molecule has 0 saturated carbocycles. The summed E-state index contributed by atoms with van der Waals surface area (Å²) in [5.74, 6) is 1.18. The molecular weight excluding hydrogens is 561 g/mol. The van der Waals surface area contributed by atoms with Gasteiger partial charge in [0.15, 0.2) is 11.5 Å². The lowest BCUT2D eigenvalue weighted by molar-refractivity contribution is -0.115. The first-order chi connectivity index (χ1) is 13.0. The third-order valence-corrected chi connectivity index (χ3v) is 6.06. The van der Waals surface area contributed by atoms with E-state index in [9.17, 15) is 4.79 Å². The molecule has 1 heterocycles. The van der Waals surface area contributed by atoms with E-state index in [-0.39, 0.29) is 5.91 Å². The number of amides is 1. The van der Waals surface area contributed by atoms with Crippen LogP contribution in [-0.4, -0.2) is 16.8 Å². The highest BCUT2D eigenvalue weighted by Crippen LogP contribution is 2.36. The second-order valence-electron chi connectivity index (χ2n) is 5.53. The first-order valence-electron chi connectivity index (χ1n) is 8.04. The summed E-state index contributed by atoms with van der Waals surface area (Å²) in [5.41, 5.74) is 1.93. The molecule has 0 atom stereocenters. The van der Waals surface area contributed by atoms with E-state index in [2.05, 4.69) is 43.8 Å². The lowest BCUT2D eigenvalue weighted by Gasteiger charge is -2.15. The molecule has 8 heteroatoms. The van der Waals surface area contributed by atoms with E-state index in [0.717, 1.165) is 19.2 Å². The summed E-state index contributed by atoms with van der Waals surface area (Å²) in [5, 5.41) is 2.62. The summed E-state index contributed by atoms with van der Waals surface area (Å²) in [7, 11) is 0. The van der Waals surface area contributed by atoms with Crippen molar-refractivity contribution in [3.05, 3.63) is 60.5 Å². The molecule has 0 aliphatic carbocycles. The smallest absolute Gasteiger partial charge is 0.263 e. The van der Waals surface area contributed by atoms with Crippen LogP contribution in [0.4, 0.5) is 0 Å². The lowest BCUT2D eigenvalue weighted by atomic mass is 10.2. The van der Waals surface area contributed by atoms with E-state index in [1.165, 1.54) is 11.8 Å². The third-order valence-electron chi connectivity index (χ3n) is 3.57. The molecule has 2 aromatic carbocycles. The van der Waals surface area contributed by atoms with Gasteiger partial charge < -0.3 is 14.8 Å². The van der Waals surface area contributed by atoms with E-state index >= 15 is 0 Å². The average molecular weight is 576 g/mol. The van der Waals surface area contributed by atoms with Gasteiger partial charge in [-0.1, -0.05) is 52.0 Å². The Kier molecular flexibility index (Phi) is 7.18. The van der Waals surface area contributed by atoms with Gasteiger partial charge in [-0.15, -0.1) is 0 Å². The number of nitrogens with one attached hydrogen (secondary N) is 1. The number of benzene rings is 2. The van der Waals surface area contributed by atoms with Crippen LogP contribution in [-0.2, 0) is 11.4 Å². The number of halogens is 2. The van der Waals surface area contributed by atoms with Gasteiger partial charge in [-0.25, -0.2) is 0 Å². The maximum absolute atomic E-state index is 11.9. The van der Waals surface area contributed by atoms with Crippen molar-refractivity contribution in [1.82, 2.24) is 5.32 Å². The molecule has 4 nitrogen and oxygen atoms in total. The molecular formula is C19H15BrINO3S2. The summed E-state index contributed by atoms with van der Waals surface area (Å²) in [6.07, 6.45) is 1.81. The highest BCUT2D eigenvalue weighted by Gasteiger charge is 2.22. The number of ether oxygens (including phenoxy) is 2. The summed E-state index contributed by atoms with van der Waals surface area (Å²) in [4.78, 5) is 12.5. The van der Waals surface area contributed by atoms with Gasteiger partial charge in [0.1, 0.15) is 10.9 Å². The SMILES string of the molecule is CCOc1cc(/C=C2\SC(=S)NC2=O)cc(I)c1OCc1ccc(Br)cc1. The molecule has 1 saturated heterocycles. The molecule has 0 bridgehead atoms. The summed E-state index contributed by atoms with van der Waals surface area (Å²) < 4.78 is 14.2. The number of thiocarbonyl (C=S) groups is 1. The Morgan fingerprint density at radius 3 is 2.63 bits per heavy atom. The summed E-state index contributed by atoms with van der Waals surface area (Å²) in [6.45, 7) is 2.88. The van der Waals surface area contributed by atoms with Gasteiger partial charge in [-0.3, -0.25) is 4.79 Å². The Morgan fingerprint density at radius 2 is 2.00 bits per heavy atom. The molecule has 3 rings (SSSR count). The molecule has 2 aromatic rings. The fourth-order valence-electron chi connectivity index (χ4n) is 2.38. The van der Waals surface area contributed by atoms with Crippen LogP contribution in [0.15, 0.2) is 45.8 Å². The van der Waals surface area contributed by atoms with Gasteiger partial charge in [0.25, 0.3) is 5.91 Å². The van der Waals surface area contributed by atoms with Crippen LogP contribution in [0.1, 0.15) is 18.1 Å². The minimum Gasteiger partial charge on any atom is -0.490 e. The van der Waals surface area contributed by atoms with Crippen LogP contribution >= 0.6 is 62.5 Å². The van der Waals surface area contributed by atoms with Crippen LogP contribution in [0.25, 0.3) is 6.08 Å². The normalized spacial score (nSPS) is 15.1. The van der Waals surface area contributed by atoms with Crippen molar-refractivity contribution < 1.29 is 14.3 Å². The first-order valence-corrected chi connectivity index (χ1v) is 11.1. The Morgan fingerprint density at radius 1 is 1.26 bits per heavy atom. The Labute approximate surface area is 189 Å². The maximum atomic E-state index is 11.9. The molecule has 1 fully saturated rings. The van der Waals surface area contributed by atoms with Crippen LogP contribution < -0.4 is 14.8 Å². The minimum atomic E-state index is -0.173. The van der Waals surface area contributed by atoms with Gasteiger partial charge >= 0.3 is 0 Å². The van der Waals surface area contributed by atoms with Crippen molar-refractivity contribution in [3.8, 4) is 11.5 Å². The van der Waals surface area contributed by atoms with Crippen molar-refractivity contribution in [2.45, 2.75) is 13.5 Å². The molecule has 140 valence electrons. The Bertz CT molecular complexity index is 916. The van der Waals surface area contributed by atoms with Gasteiger partial charge in [-0.05, 0) is 71.0 Å². The van der Waals surface area contributed by atoms with Crippen LogP contribution in [0.5, 0.6) is 11.5 Å². The molecule has 1 aliphatic rings. The predicted molar refractivity (Wildman–Crippen MR) is 125 cm³/mol. The van der Waals surface area contributed by atoms with Gasteiger partial charge in [0, 0.05) is 4.47 Å². The van der Waals surface area contributed by atoms with Crippen molar-refractivity contribution in [1.29, 1.82) is 0 Å². The van der Waals surface area contributed by atoms with Crippen LogP contribution in [0.3, 0.4) is 0 Å². The Balaban J connectivity index is 1.85. The fraction of sp³-hybridized carbons (Fsp3) is 0.158. The molecule has 0 radical (unpaired) electrons. The minimum absolute atomic E-state index is 0.173. The van der Waals surface area contributed by atoms with Gasteiger partial charge in [0.2, 0.25) is 0 Å². The molecule has 27 heavy (non-hydrogen) atoms. The van der Waals surface area contributed by atoms with E-state index < -0.39 is 0 Å². The highest BCUT2D eigenvalue weighted by molar-refractivity contribution is 14.1. The van der Waals surface area contributed by atoms with Crippen LogP contribution in [0.2, 0.25) is 0 Å². The van der Waals surface area contributed by atoms with Crippen molar-refractivity contribution >= 4 is 78.8 Å². The zero-order chi connectivity index (χ0) is 19.4. The number of carbonyl (C=O) groups is 1. The lowest BCUT2D eigenvalue weighted by Crippen LogP contribution is -2.17. The largest absolute Gasteiger partial charge is 0.490 e. The first kappa shape index (κ1) is 20.6. The highest BCUT2D eigenvalue weighted by atomic mass is 127. The number of rotatable bonds is 6. The van der Waals surface area contributed by atoms with E-state index in [0.29, 0.717) is 33.9 Å². The van der Waals surface area contributed by atoms with E-state index in [4.69, 9.17) is 21.7 Å². The maximum Gasteiger partial charge on any atom is 0.263 e.